The van der Waals surface area contributed by atoms with E-state index in [-0.39, 0.29) is 54.9 Å². The smallest absolute Gasteiger partial charge is 0.226 e. The predicted octanol–water partition coefficient (Wildman–Crippen LogP) is 4.83. The van der Waals surface area contributed by atoms with Crippen molar-refractivity contribution in [1.29, 1.82) is 0 Å². The predicted molar refractivity (Wildman–Crippen MR) is 134 cm³/mol. The highest BCUT2D eigenvalue weighted by Gasteiger charge is 2.59. The summed E-state index contributed by atoms with van der Waals surface area (Å²) in [6.07, 6.45) is 4.09. The van der Waals surface area contributed by atoms with Crippen molar-refractivity contribution in [2.45, 2.75) is 63.8 Å². The molecule has 1 aliphatic heterocycles. The molecule has 0 aromatic heterocycles. The van der Waals surface area contributed by atoms with Crippen molar-refractivity contribution < 1.29 is 19.7 Å². The van der Waals surface area contributed by atoms with Crippen LogP contribution in [0.15, 0.2) is 42.5 Å². The summed E-state index contributed by atoms with van der Waals surface area (Å²) in [7, 11) is 0. The van der Waals surface area contributed by atoms with E-state index in [2.05, 4.69) is 43.4 Å². The Morgan fingerprint density at radius 2 is 1.91 bits per heavy atom. The highest BCUT2D eigenvalue weighted by atomic mass is 35.5. The van der Waals surface area contributed by atoms with Crippen LogP contribution < -0.4 is 10.1 Å². The summed E-state index contributed by atoms with van der Waals surface area (Å²) in [5.41, 5.74) is 3.10. The standard InChI is InChI=1S/C28H36ClNO4/c1-3-28-13-12-23(22-11-6-19(5-4-14-31)17-24(22)29)25(26(28)18(2)30-27(28)33)20-7-9-21(10-8-20)34-16-15-32/h6-11,17-18,23,25-26,31-32H,3-5,12-16H2,1-2H3,(H,30,33)/t18-,23+,25+,26+,28-/m1/s1. The molecule has 2 aromatic carbocycles. The Morgan fingerprint density at radius 3 is 2.56 bits per heavy atom. The van der Waals surface area contributed by atoms with Crippen LogP contribution in [-0.2, 0) is 11.2 Å². The fraction of sp³-hybridized carbons (Fsp3) is 0.536. The largest absolute Gasteiger partial charge is 0.491 e. The van der Waals surface area contributed by atoms with E-state index in [9.17, 15) is 9.90 Å². The molecule has 3 N–H and O–H groups in total. The van der Waals surface area contributed by atoms with Gasteiger partial charge in [0, 0.05) is 23.6 Å². The van der Waals surface area contributed by atoms with Gasteiger partial charge >= 0.3 is 0 Å². The summed E-state index contributed by atoms with van der Waals surface area (Å²) < 4.78 is 5.58. The quantitative estimate of drug-likeness (QED) is 0.475. The lowest BCUT2D eigenvalue weighted by molar-refractivity contribution is -0.131. The van der Waals surface area contributed by atoms with E-state index in [1.165, 1.54) is 5.56 Å². The van der Waals surface area contributed by atoms with Crippen molar-refractivity contribution in [3.63, 3.8) is 0 Å². The lowest BCUT2D eigenvalue weighted by Gasteiger charge is -2.47. The van der Waals surface area contributed by atoms with Gasteiger partial charge in [-0.2, -0.15) is 0 Å². The summed E-state index contributed by atoms with van der Waals surface area (Å²) in [5.74, 6) is 1.41. The summed E-state index contributed by atoms with van der Waals surface area (Å²) in [4.78, 5) is 13.2. The molecule has 1 saturated carbocycles. The van der Waals surface area contributed by atoms with Crippen molar-refractivity contribution in [3.05, 3.63) is 64.2 Å². The van der Waals surface area contributed by atoms with Crippen molar-refractivity contribution in [2.75, 3.05) is 19.8 Å². The van der Waals surface area contributed by atoms with Gasteiger partial charge in [0.25, 0.3) is 0 Å². The van der Waals surface area contributed by atoms with Crippen LogP contribution >= 0.6 is 11.6 Å². The second-order valence-corrected chi connectivity index (χ2v) is 10.2. The number of nitrogens with one attached hydrogen (secondary N) is 1. The fourth-order valence-electron chi connectivity index (χ4n) is 6.47. The Hall–Kier alpha value is -2.08. The minimum atomic E-state index is -0.361. The SMILES string of the molecule is CC[C@@]12CC[C@@H](c3ccc(CCCO)cc3Cl)[C@H](c3ccc(OCCO)cc3)[C@@H]1[C@@H](C)NC2=O. The molecule has 1 saturated heterocycles. The van der Waals surface area contributed by atoms with Crippen molar-refractivity contribution in [1.82, 2.24) is 5.32 Å². The Balaban J connectivity index is 1.75. The van der Waals surface area contributed by atoms with Crippen LogP contribution in [-0.4, -0.2) is 42.0 Å². The van der Waals surface area contributed by atoms with Crippen LogP contribution in [0.2, 0.25) is 5.02 Å². The number of aliphatic hydroxyl groups is 2. The van der Waals surface area contributed by atoms with E-state index >= 15 is 0 Å². The maximum atomic E-state index is 13.2. The third-order valence-electron chi connectivity index (χ3n) is 8.05. The Kier molecular flexibility index (Phi) is 7.86. The Morgan fingerprint density at radius 1 is 1.15 bits per heavy atom. The van der Waals surface area contributed by atoms with Gasteiger partial charge in [0.1, 0.15) is 12.4 Å². The minimum Gasteiger partial charge on any atom is -0.491 e. The lowest BCUT2D eigenvalue weighted by atomic mass is 9.54. The number of amides is 1. The van der Waals surface area contributed by atoms with Gasteiger partial charge in [-0.25, -0.2) is 0 Å². The first kappa shape index (κ1) is 25.0. The van der Waals surface area contributed by atoms with E-state index in [4.69, 9.17) is 21.4 Å². The molecule has 1 amide bonds. The van der Waals surface area contributed by atoms with Crippen LogP contribution in [0.5, 0.6) is 5.75 Å². The molecule has 2 aromatic rings. The zero-order chi connectivity index (χ0) is 24.3. The monoisotopic (exact) mass is 485 g/mol. The van der Waals surface area contributed by atoms with Gasteiger partial charge in [0.15, 0.2) is 0 Å². The zero-order valence-electron chi connectivity index (χ0n) is 20.1. The molecular formula is C28H36ClNO4. The molecule has 2 fully saturated rings. The molecule has 184 valence electrons. The molecule has 0 bridgehead atoms. The van der Waals surface area contributed by atoms with Crippen LogP contribution in [0.1, 0.15) is 68.1 Å². The number of ether oxygens (including phenoxy) is 1. The highest BCUT2D eigenvalue weighted by molar-refractivity contribution is 6.31. The summed E-state index contributed by atoms with van der Waals surface area (Å²) in [5, 5.41) is 22.3. The van der Waals surface area contributed by atoms with Crippen molar-refractivity contribution in [3.8, 4) is 5.75 Å². The molecule has 0 unspecified atom stereocenters. The number of carbonyl (C=O) groups excluding carboxylic acids is 1. The number of aliphatic hydroxyl groups excluding tert-OH is 2. The molecule has 6 heteroatoms. The first-order valence-electron chi connectivity index (χ1n) is 12.5. The van der Waals surface area contributed by atoms with Crippen LogP contribution in [0.4, 0.5) is 0 Å². The number of aryl methyl sites for hydroxylation is 1. The van der Waals surface area contributed by atoms with E-state index in [0.29, 0.717) is 0 Å². The maximum absolute atomic E-state index is 13.2. The Bertz CT molecular complexity index is 994. The first-order valence-corrected chi connectivity index (χ1v) is 12.9. The first-order chi connectivity index (χ1) is 16.4. The molecule has 34 heavy (non-hydrogen) atoms. The molecule has 1 aliphatic carbocycles. The molecule has 5 atom stereocenters. The number of benzene rings is 2. The van der Waals surface area contributed by atoms with Crippen molar-refractivity contribution in [2.24, 2.45) is 11.3 Å². The van der Waals surface area contributed by atoms with E-state index in [0.717, 1.165) is 54.0 Å². The van der Waals surface area contributed by atoms with Crippen molar-refractivity contribution >= 4 is 17.5 Å². The summed E-state index contributed by atoms with van der Waals surface area (Å²) in [6.45, 7) is 4.68. The number of hydrogen-bond acceptors (Lipinski definition) is 4. The lowest BCUT2D eigenvalue weighted by Crippen LogP contribution is -2.43. The van der Waals surface area contributed by atoms with E-state index in [1.54, 1.807) is 0 Å². The minimum absolute atomic E-state index is 0.0222. The fourth-order valence-corrected chi connectivity index (χ4v) is 6.81. The average molecular weight is 486 g/mol. The third-order valence-corrected chi connectivity index (χ3v) is 8.38. The van der Waals surface area contributed by atoms with Crippen LogP contribution in [0.25, 0.3) is 0 Å². The summed E-state index contributed by atoms with van der Waals surface area (Å²) in [6, 6.07) is 14.5. The second-order valence-electron chi connectivity index (χ2n) is 9.79. The average Bonchev–Trinajstić information content (AvgIpc) is 3.11. The van der Waals surface area contributed by atoms with Gasteiger partial charge in [0.2, 0.25) is 5.91 Å². The number of hydrogen-bond donors (Lipinski definition) is 3. The molecule has 1 heterocycles. The normalized spacial score (nSPS) is 28.4. The topological polar surface area (TPSA) is 78.8 Å². The molecular weight excluding hydrogens is 450 g/mol. The van der Waals surface area contributed by atoms with Gasteiger partial charge in [-0.1, -0.05) is 42.8 Å². The van der Waals surface area contributed by atoms with Gasteiger partial charge in [-0.3, -0.25) is 4.79 Å². The van der Waals surface area contributed by atoms with E-state index in [1.807, 2.05) is 18.2 Å². The van der Waals surface area contributed by atoms with Gasteiger partial charge in [-0.05, 0) is 85.8 Å². The number of carbonyl (C=O) groups is 1. The Labute approximate surface area is 207 Å². The molecule has 5 nitrogen and oxygen atoms in total. The van der Waals surface area contributed by atoms with Gasteiger partial charge < -0.3 is 20.3 Å². The van der Waals surface area contributed by atoms with Crippen LogP contribution in [0.3, 0.4) is 0 Å². The molecule has 0 spiro atoms. The number of fused-ring (bicyclic) bond motifs is 1. The number of halogens is 1. The second kappa shape index (κ2) is 10.7. The van der Waals surface area contributed by atoms with Gasteiger partial charge in [0.05, 0.1) is 12.0 Å². The molecule has 0 radical (unpaired) electrons. The van der Waals surface area contributed by atoms with Crippen LogP contribution in [0, 0.1) is 11.3 Å². The van der Waals surface area contributed by atoms with Gasteiger partial charge in [-0.15, -0.1) is 0 Å². The molecule has 4 rings (SSSR count). The summed E-state index contributed by atoms with van der Waals surface area (Å²) >= 11 is 6.86. The zero-order valence-corrected chi connectivity index (χ0v) is 20.9. The number of rotatable bonds is 9. The third kappa shape index (κ3) is 4.58. The maximum Gasteiger partial charge on any atom is 0.226 e. The highest BCUT2D eigenvalue weighted by Crippen LogP contribution is 2.60. The van der Waals surface area contributed by atoms with E-state index < -0.39 is 0 Å². The molecule has 2 aliphatic rings.